The standard InChI is InChI=1S/C21H25NO2S/c1-2-3-7-15-24-19-12-10-17(11-13-19)20(23)22-14-16-25-21(22)18-8-5-4-6-9-18/h4-6,8-13,21H,2-3,7,14-16H2,1H3. The van der Waals surface area contributed by atoms with E-state index in [4.69, 9.17) is 4.74 Å². The van der Waals surface area contributed by atoms with Crippen molar-refractivity contribution in [2.45, 2.75) is 31.6 Å². The van der Waals surface area contributed by atoms with Crippen LogP contribution in [-0.2, 0) is 0 Å². The van der Waals surface area contributed by atoms with Crippen molar-refractivity contribution in [2.24, 2.45) is 0 Å². The zero-order valence-electron chi connectivity index (χ0n) is 14.7. The summed E-state index contributed by atoms with van der Waals surface area (Å²) in [5.41, 5.74) is 1.92. The molecule has 132 valence electrons. The highest BCUT2D eigenvalue weighted by molar-refractivity contribution is 7.99. The van der Waals surface area contributed by atoms with Crippen molar-refractivity contribution < 1.29 is 9.53 Å². The van der Waals surface area contributed by atoms with Gasteiger partial charge in [-0.25, -0.2) is 0 Å². The molecule has 0 aliphatic carbocycles. The second kappa shape index (κ2) is 8.95. The number of thioether (sulfide) groups is 1. The first-order valence-electron chi connectivity index (χ1n) is 9.00. The summed E-state index contributed by atoms with van der Waals surface area (Å²) in [5, 5.41) is 0.110. The van der Waals surface area contributed by atoms with Crippen LogP contribution in [0.1, 0.15) is 47.5 Å². The summed E-state index contributed by atoms with van der Waals surface area (Å²) in [6.45, 7) is 3.71. The maximum atomic E-state index is 12.9. The maximum absolute atomic E-state index is 12.9. The van der Waals surface area contributed by atoms with Crippen LogP contribution in [0.2, 0.25) is 0 Å². The summed E-state index contributed by atoms with van der Waals surface area (Å²) in [7, 11) is 0. The lowest BCUT2D eigenvalue weighted by Gasteiger charge is -2.24. The molecule has 2 aromatic carbocycles. The molecule has 2 aromatic rings. The normalized spacial score (nSPS) is 16.8. The van der Waals surface area contributed by atoms with E-state index in [1.165, 1.54) is 18.4 Å². The molecule has 0 bridgehead atoms. The van der Waals surface area contributed by atoms with Gasteiger partial charge in [-0.05, 0) is 36.2 Å². The number of ether oxygens (including phenoxy) is 1. The summed E-state index contributed by atoms with van der Waals surface area (Å²) in [6, 6.07) is 17.8. The smallest absolute Gasteiger partial charge is 0.255 e. The van der Waals surface area contributed by atoms with Gasteiger partial charge in [0, 0.05) is 17.9 Å². The number of carbonyl (C=O) groups excluding carboxylic acids is 1. The fourth-order valence-electron chi connectivity index (χ4n) is 2.97. The van der Waals surface area contributed by atoms with Crippen molar-refractivity contribution in [3.8, 4) is 5.75 Å². The predicted octanol–water partition coefficient (Wildman–Crippen LogP) is 5.14. The number of carbonyl (C=O) groups is 1. The third-order valence-corrected chi connectivity index (χ3v) is 5.62. The van der Waals surface area contributed by atoms with Gasteiger partial charge in [-0.15, -0.1) is 11.8 Å². The highest BCUT2D eigenvalue weighted by Gasteiger charge is 2.31. The number of hydrogen-bond acceptors (Lipinski definition) is 3. The van der Waals surface area contributed by atoms with Gasteiger partial charge in [-0.1, -0.05) is 50.1 Å². The van der Waals surface area contributed by atoms with Crippen LogP contribution in [-0.4, -0.2) is 29.7 Å². The Balaban J connectivity index is 1.64. The molecule has 0 saturated carbocycles. The van der Waals surface area contributed by atoms with Gasteiger partial charge >= 0.3 is 0 Å². The average Bonchev–Trinajstić information content (AvgIpc) is 3.16. The number of rotatable bonds is 7. The van der Waals surface area contributed by atoms with Crippen LogP contribution in [0.15, 0.2) is 54.6 Å². The molecule has 1 fully saturated rings. The molecular weight excluding hydrogens is 330 g/mol. The van der Waals surface area contributed by atoms with E-state index in [1.54, 1.807) is 0 Å². The van der Waals surface area contributed by atoms with Crippen LogP contribution >= 0.6 is 11.8 Å². The molecule has 1 aliphatic rings. The van der Waals surface area contributed by atoms with Gasteiger partial charge in [0.25, 0.3) is 5.91 Å². The molecule has 1 atom stereocenters. The van der Waals surface area contributed by atoms with E-state index in [0.29, 0.717) is 0 Å². The summed E-state index contributed by atoms with van der Waals surface area (Å²) < 4.78 is 5.73. The molecule has 25 heavy (non-hydrogen) atoms. The first kappa shape index (κ1) is 17.9. The highest BCUT2D eigenvalue weighted by atomic mass is 32.2. The molecule has 0 N–H and O–H groups in total. The van der Waals surface area contributed by atoms with Gasteiger partial charge in [0.05, 0.1) is 6.61 Å². The molecule has 0 aromatic heterocycles. The lowest BCUT2D eigenvalue weighted by molar-refractivity contribution is 0.0760. The molecule has 3 rings (SSSR count). The lowest BCUT2D eigenvalue weighted by Crippen LogP contribution is -2.30. The average molecular weight is 356 g/mol. The number of amides is 1. The molecule has 1 amide bonds. The maximum Gasteiger partial charge on any atom is 0.255 e. The second-order valence-corrected chi connectivity index (χ2v) is 7.40. The van der Waals surface area contributed by atoms with Crippen molar-refractivity contribution in [1.29, 1.82) is 0 Å². The Labute approximate surface area is 154 Å². The van der Waals surface area contributed by atoms with Crippen LogP contribution in [0, 0.1) is 0 Å². The summed E-state index contributed by atoms with van der Waals surface area (Å²) in [5.74, 6) is 1.91. The molecule has 1 heterocycles. The number of nitrogens with zero attached hydrogens (tertiary/aromatic N) is 1. The Kier molecular flexibility index (Phi) is 6.40. The zero-order chi connectivity index (χ0) is 17.5. The van der Waals surface area contributed by atoms with Gasteiger partial charge in [0.15, 0.2) is 0 Å². The van der Waals surface area contributed by atoms with E-state index in [1.807, 2.05) is 59.1 Å². The van der Waals surface area contributed by atoms with Crippen molar-refractivity contribution >= 4 is 17.7 Å². The Morgan fingerprint density at radius 1 is 1.12 bits per heavy atom. The van der Waals surface area contributed by atoms with Crippen LogP contribution in [0.3, 0.4) is 0 Å². The Bertz CT molecular complexity index is 672. The first-order valence-corrected chi connectivity index (χ1v) is 10.0. The Morgan fingerprint density at radius 3 is 2.60 bits per heavy atom. The van der Waals surface area contributed by atoms with E-state index in [0.717, 1.165) is 36.6 Å². The van der Waals surface area contributed by atoms with Crippen LogP contribution in [0.4, 0.5) is 0 Å². The van der Waals surface area contributed by atoms with E-state index in [-0.39, 0.29) is 11.3 Å². The van der Waals surface area contributed by atoms with E-state index < -0.39 is 0 Å². The van der Waals surface area contributed by atoms with E-state index >= 15 is 0 Å². The summed E-state index contributed by atoms with van der Waals surface area (Å²) in [4.78, 5) is 14.9. The molecule has 1 saturated heterocycles. The van der Waals surface area contributed by atoms with Crippen molar-refractivity contribution in [3.05, 3.63) is 65.7 Å². The molecule has 1 aliphatic heterocycles. The van der Waals surface area contributed by atoms with E-state index in [9.17, 15) is 4.79 Å². The van der Waals surface area contributed by atoms with Gasteiger partial charge in [-0.2, -0.15) is 0 Å². The third kappa shape index (κ3) is 4.57. The Hall–Kier alpha value is -1.94. The largest absolute Gasteiger partial charge is 0.494 e. The van der Waals surface area contributed by atoms with E-state index in [2.05, 4.69) is 19.1 Å². The van der Waals surface area contributed by atoms with Gasteiger partial charge < -0.3 is 9.64 Å². The highest BCUT2D eigenvalue weighted by Crippen LogP contribution is 2.38. The minimum absolute atomic E-state index is 0.0939. The first-order chi connectivity index (χ1) is 12.3. The molecule has 0 radical (unpaired) electrons. The molecule has 4 heteroatoms. The van der Waals surface area contributed by atoms with Crippen LogP contribution in [0.25, 0.3) is 0 Å². The summed E-state index contributed by atoms with van der Waals surface area (Å²) >= 11 is 1.83. The quantitative estimate of drug-likeness (QED) is 0.644. The van der Waals surface area contributed by atoms with Crippen molar-refractivity contribution in [2.75, 3.05) is 18.9 Å². The van der Waals surface area contributed by atoms with Crippen LogP contribution < -0.4 is 4.74 Å². The second-order valence-electron chi connectivity index (χ2n) is 6.21. The predicted molar refractivity (Wildman–Crippen MR) is 104 cm³/mol. The molecule has 1 unspecified atom stereocenters. The monoisotopic (exact) mass is 355 g/mol. The Morgan fingerprint density at radius 2 is 1.88 bits per heavy atom. The lowest BCUT2D eigenvalue weighted by atomic mass is 10.1. The number of benzene rings is 2. The molecular formula is C21H25NO2S. The third-order valence-electron chi connectivity index (χ3n) is 4.35. The van der Waals surface area contributed by atoms with Gasteiger partial charge in [0.2, 0.25) is 0 Å². The molecule has 3 nitrogen and oxygen atoms in total. The fraction of sp³-hybridized carbons (Fsp3) is 0.381. The van der Waals surface area contributed by atoms with Gasteiger partial charge in [0.1, 0.15) is 11.1 Å². The number of unbranched alkanes of at least 4 members (excludes halogenated alkanes) is 2. The zero-order valence-corrected chi connectivity index (χ0v) is 15.5. The van der Waals surface area contributed by atoms with Crippen LogP contribution in [0.5, 0.6) is 5.75 Å². The topological polar surface area (TPSA) is 29.5 Å². The molecule has 0 spiro atoms. The number of hydrogen-bond donors (Lipinski definition) is 0. The van der Waals surface area contributed by atoms with Crippen molar-refractivity contribution in [1.82, 2.24) is 4.90 Å². The van der Waals surface area contributed by atoms with Crippen molar-refractivity contribution in [3.63, 3.8) is 0 Å². The minimum atomic E-state index is 0.0939. The SMILES string of the molecule is CCCCCOc1ccc(C(=O)N2CCSC2c2ccccc2)cc1. The summed E-state index contributed by atoms with van der Waals surface area (Å²) in [6.07, 6.45) is 3.44. The van der Waals surface area contributed by atoms with Gasteiger partial charge in [-0.3, -0.25) is 4.79 Å². The fourth-order valence-corrected chi connectivity index (χ4v) is 4.23. The minimum Gasteiger partial charge on any atom is -0.494 e.